The zero-order valence-corrected chi connectivity index (χ0v) is 16.1. The van der Waals surface area contributed by atoms with Gasteiger partial charge in [0.25, 0.3) is 5.91 Å². The van der Waals surface area contributed by atoms with Crippen molar-refractivity contribution in [2.45, 2.75) is 6.92 Å². The van der Waals surface area contributed by atoms with Crippen LogP contribution in [0.5, 0.6) is 0 Å². The molecule has 4 nitrogen and oxygen atoms in total. The molecule has 0 fully saturated rings. The summed E-state index contributed by atoms with van der Waals surface area (Å²) in [7, 11) is 0. The Morgan fingerprint density at radius 2 is 1.70 bits per heavy atom. The monoisotopic (exact) mass is 397 g/mol. The first-order valence-electron chi connectivity index (χ1n) is 8.25. The molecule has 0 heterocycles. The Morgan fingerprint density at radius 1 is 0.963 bits per heavy atom. The Kier molecular flexibility index (Phi) is 6.12. The lowest BCUT2D eigenvalue weighted by Crippen LogP contribution is -2.19. The number of halogens is 2. The highest BCUT2D eigenvalue weighted by molar-refractivity contribution is 6.33. The van der Waals surface area contributed by atoms with Crippen LogP contribution in [0.25, 0.3) is 0 Å². The van der Waals surface area contributed by atoms with Crippen molar-refractivity contribution >= 4 is 46.7 Å². The van der Waals surface area contributed by atoms with Gasteiger partial charge in [-0.15, -0.1) is 0 Å². The number of aryl methyl sites for hydroxylation is 1. The Labute approximate surface area is 167 Å². The normalized spacial score (nSPS) is 10.8. The van der Waals surface area contributed by atoms with E-state index in [0.29, 0.717) is 26.9 Å². The number of carbonyl (C=O) groups is 1. The van der Waals surface area contributed by atoms with Crippen molar-refractivity contribution in [1.29, 1.82) is 0 Å². The van der Waals surface area contributed by atoms with E-state index < -0.39 is 0 Å². The van der Waals surface area contributed by atoms with E-state index in [-0.39, 0.29) is 5.91 Å². The summed E-state index contributed by atoms with van der Waals surface area (Å²) in [6.07, 6.45) is 1.50. The van der Waals surface area contributed by atoms with Crippen molar-refractivity contribution in [2.24, 2.45) is 5.10 Å². The van der Waals surface area contributed by atoms with E-state index in [9.17, 15) is 4.79 Å². The van der Waals surface area contributed by atoms with Gasteiger partial charge in [-0.2, -0.15) is 5.10 Å². The average Bonchev–Trinajstić information content (AvgIpc) is 2.65. The number of nitrogens with zero attached hydrogens (tertiary/aromatic N) is 1. The maximum Gasteiger partial charge on any atom is 0.273 e. The summed E-state index contributed by atoms with van der Waals surface area (Å²) < 4.78 is 0. The molecule has 0 aliphatic carbocycles. The highest BCUT2D eigenvalue weighted by Crippen LogP contribution is 2.26. The van der Waals surface area contributed by atoms with Crippen LogP contribution in [0.15, 0.2) is 71.8 Å². The molecular formula is C21H17Cl2N3O. The molecule has 6 heteroatoms. The fourth-order valence-electron chi connectivity index (χ4n) is 2.48. The van der Waals surface area contributed by atoms with Gasteiger partial charge >= 0.3 is 0 Å². The molecule has 3 rings (SSSR count). The van der Waals surface area contributed by atoms with E-state index in [0.717, 1.165) is 11.3 Å². The van der Waals surface area contributed by atoms with Gasteiger partial charge in [0, 0.05) is 21.3 Å². The predicted octanol–water partition coefficient (Wildman–Crippen LogP) is 5.81. The molecule has 0 atom stereocenters. The van der Waals surface area contributed by atoms with Gasteiger partial charge in [-0.25, -0.2) is 5.43 Å². The number of hydrogen-bond acceptors (Lipinski definition) is 3. The van der Waals surface area contributed by atoms with Gasteiger partial charge in [0.15, 0.2) is 0 Å². The summed E-state index contributed by atoms with van der Waals surface area (Å²) >= 11 is 12.2. The van der Waals surface area contributed by atoms with Crippen LogP contribution in [-0.4, -0.2) is 12.1 Å². The maximum absolute atomic E-state index is 12.6. The Balaban J connectivity index is 1.80. The molecule has 0 bridgehead atoms. The minimum atomic E-state index is -0.356. The molecule has 2 N–H and O–H groups in total. The van der Waals surface area contributed by atoms with Crippen molar-refractivity contribution < 1.29 is 4.79 Å². The largest absolute Gasteiger partial charge is 0.355 e. The van der Waals surface area contributed by atoms with Crippen LogP contribution in [0.2, 0.25) is 10.0 Å². The van der Waals surface area contributed by atoms with Gasteiger partial charge in [0.2, 0.25) is 0 Å². The van der Waals surface area contributed by atoms with Crippen LogP contribution in [-0.2, 0) is 0 Å². The third-order valence-corrected chi connectivity index (χ3v) is 4.49. The second-order valence-electron chi connectivity index (χ2n) is 5.85. The van der Waals surface area contributed by atoms with Gasteiger partial charge in [-0.05, 0) is 42.8 Å². The van der Waals surface area contributed by atoms with Crippen LogP contribution < -0.4 is 10.7 Å². The molecule has 136 valence electrons. The number of rotatable bonds is 5. The van der Waals surface area contributed by atoms with Crippen LogP contribution in [0.1, 0.15) is 21.5 Å². The van der Waals surface area contributed by atoms with Crippen molar-refractivity contribution in [2.75, 3.05) is 5.32 Å². The maximum atomic E-state index is 12.6. The molecular weight excluding hydrogens is 381 g/mol. The number of amides is 1. The van der Waals surface area contributed by atoms with E-state index >= 15 is 0 Å². The minimum Gasteiger partial charge on any atom is -0.355 e. The Bertz CT molecular complexity index is 1000. The first-order chi connectivity index (χ1) is 13.0. The fourth-order valence-corrected chi connectivity index (χ4v) is 2.83. The van der Waals surface area contributed by atoms with Gasteiger partial charge in [-0.3, -0.25) is 4.79 Å². The van der Waals surface area contributed by atoms with E-state index in [4.69, 9.17) is 23.2 Å². The summed E-state index contributed by atoms with van der Waals surface area (Å²) in [6, 6.07) is 20.1. The number of hydrazone groups is 1. The number of benzene rings is 3. The zero-order chi connectivity index (χ0) is 19.2. The zero-order valence-electron chi connectivity index (χ0n) is 14.5. The van der Waals surface area contributed by atoms with E-state index in [1.54, 1.807) is 24.3 Å². The molecule has 0 spiro atoms. The lowest BCUT2D eigenvalue weighted by Gasteiger charge is -2.13. The second-order valence-corrected chi connectivity index (χ2v) is 6.69. The first-order valence-corrected chi connectivity index (χ1v) is 9.00. The fraction of sp³-hybridized carbons (Fsp3) is 0.0476. The molecule has 3 aromatic rings. The van der Waals surface area contributed by atoms with E-state index in [1.807, 2.05) is 49.4 Å². The summed E-state index contributed by atoms with van der Waals surface area (Å²) in [4.78, 5) is 12.6. The van der Waals surface area contributed by atoms with Crippen molar-refractivity contribution in [3.05, 3.63) is 93.5 Å². The predicted molar refractivity (Wildman–Crippen MR) is 112 cm³/mol. The van der Waals surface area contributed by atoms with E-state index in [1.165, 1.54) is 6.21 Å². The van der Waals surface area contributed by atoms with Crippen molar-refractivity contribution in [3.8, 4) is 0 Å². The molecule has 0 aliphatic rings. The SMILES string of the molecule is Cc1ccccc1Nc1cc(Cl)ccc1C(=O)N/N=C/c1ccccc1Cl. The minimum absolute atomic E-state index is 0.356. The topological polar surface area (TPSA) is 53.5 Å². The lowest BCUT2D eigenvalue weighted by molar-refractivity contribution is 0.0956. The average molecular weight is 398 g/mol. The molecule has 0 aliphatic heterocycles. The summed E-state index contributed by atoms with van der Waals surface area (Å²) in [5.41, 5.74) is 6.22. The smallest absolute Gasteiger partial charge is 0.273 e. The lowest BCUT2D eigenvalue weighted by atomic mass is 10.1. The van der Waals surface area contributed by atoms with Gasteiger partial charge < -0.3 is 5.32 Å². The van der Waals surface area contributed by atoms with Gasteiger partial charge in [0.05, 0.1) is 17.5 Å². The van der Waals surface area contributed by atoms with Crippen LogP contribution >= 0.6 is 23.2 Å². The standard InChI is InChI=1S/C21H17Cl2N3O/c1-14-6-2-5-9-19(14)25-20-12-16(22)10-11-17(20)21(27)26-24-13-15-7-3-4-8-18(15)23/h2-13,25H,1H3,(H,26,27)/b24-13+. The Hall–Kier alpha value is -2.82. The van der Waals surface area contributed by atoms with Crippen molar-refractivity contribution in [3.63, 3.8) is 0 Å². The summed E-state index contributed by atoms with van der Waals surface area (Å²) in [5, 5.41) is 8.35. The summed E-state index contributed by atoms with van der Waals surface area (Å²) in [6.45, 7) is 1.99. The van der Waals surface area contributed by atoms with Crippen LogP contribution in [0.3, 0.4) is 0 Å². The van der Waals surface area contributed by atoms with E-state index in [2.05, 4.69) is 15.8 Å². The third kappa shape index (κ3) is 4.88. The van der Waals surface area contributed by atoms with Gasteiger partial charge in [0.1, 0.15) is 0 Å². The number of hydrogen-bond donors (Lipinski definition) is 2. The highest BCUT2D eigenvalue weighted by Gasteiger charge is 2.12. The Morgan fingerprint density at radius 3 is 2.48 bits per heavy atom. The second kappa shape index (κ2) is 8.71. The first kappa shape index (κ1) is 19.0. The molecule has 0 unspecified atom stereocenters. The van der Waals surface area contributed by atoms with Gasteiger partial charge in [-0.1, -0.05) is 59.6 Å². The molecule has 0 radical (unpaired) electrons. The number of carbonyl (C=O) groups excluding carboxylic acids is 1. The highest BCUT2D eigenvalue weighted by atomic mass is 35.5. The number of nitrogens with one attached hydrogen (secondary N) is 2. The molecule has 0 aromatic heterocycles. The quantitative estimate of drug-likeness (QED) is 0.421. The number of anilines is 2. The number of para-hydroxylation sites is 1. The third-order valence-electron chi connectivity index (χ3n) is 3.92. The molecule has 0 saturated heterocycles. The molecule has 1 amide bonds. The molecule has 3 aromatic carbocycles. The van der Waals surface area contributed by atoms with Crippen molar-refractivity contribution in [1.82, 2.24) is 5.43 Å². The van der Waals surface area contributed by atoms with Crippen LogP contribution in [0, 0.1) is 6.92 Å². The molecule has 27 heavy (non-hydrogen) atoms. The van der Waals surface area contributed by atoms with Crippen LogP contribution in [0.4, 0.5) is 11.4 Å². The molecule has 0 saturated carbocycles. The summed E-state index contributed by atoms with van der Waals surface area (Å²) in [5.74, 6) is -0.356.